The van der Waals surface area contributed by atoms with E-state index in [1.807, 2.05) is 41.0 Å². The van der Waals surface area contributed by atoms with Crippen LogP contribution in [-0.2, 0) is 17.8 Å². The number of nitrogens with zero attached hydrogens (tertiary/aromatic N) is 4. The van der Waals surface area contributed by atoms with E-state index in [4.69, 9.17) is 9.47 Å². The highest BCUT2D eigenvalue weighted by Crippen LogP contribution is 2.32. The summed E-state index contributed by atoms with van der Waals surface area (Å²) in [5.41, 5.74) is 1.71. The Morgan fingerprint density at radius 3 is 2.85 bits per heavy atom. The first-order valence-corrected chi connectivity index (χ1v) is 12.5. The molecule has 0 radical (unpaired) electrons. The number of carbonyl (C=O) groups is 1. The molecule has 1 atom stereocenters. The Morgan fingerprint density at radius 2 is 2.03 bits per heavy atom. The largest absolute Gasteiger partial charge is 0.486 e. The lowest BCUT2D eigenvalue weighted by molar-refractivity contribution is -0.121. The highest BCUT2D eigenvalue weighted by Gasteiger charge is 2.19. The van der Waals surface area contributed by atoms with Gasteiger partial charge in [0.05, 0.1) is 11.6 Å². The van der Waals surface area contributed by atoms with Crippen molar-refractivity contribution < 1.29 is 14.3 Å². The fraction of sp³-hybridized carbons (Fsp3) is 0.417. The molecule has 1 unspecified atom stereocenters. The van der Waals surface area contributed by atoms with Gasteiger partial charge in [0.25, 0.3) is 5.56 Å². The minimum absolute atomic E-state index is 0.0316. The zero-order valence-electron chi connectivity index (χ0n) is 19.2. The van der Waals surface area contributed by atoms with Crippen molar-refractivity contribution in [3.05, 3.63) is 51.4 Å². The lowest BCUT2D eigenvalue weighted by Crippen LogP contribution is -2.27. The normalized spacial score (nSPS) is 13.9. The van der Waals surface area contributed by atoms with Crippen LogP contribution < -0.4 is 20.3 Å². The van der Waals surface area contributed by atoms with E-state index in [2.05, 4.69) is 22.4 Å². The number of nitrogens with one attached hydrogen (secondary N) is 1. The third-order valence-corrected chi connectivity index (χ3v) is 6.93. The highest BCUT2D eigenvalue weighted by molar-refractivity contribution is 7.17. The van der Waals surface area contributed by atoms with Gasteiger partial charge in [-0.25, -0.2) is 0 Å². The lowest BCUT2D eigenvalue weighted by atomic mass is 10.1. The Labute approximate surface area is 200 Å². The maximum atomic E-state index is 12.9. The SMILES string of the molecule is CCCCn1c(=O)c2sccc2n2c(CCC(=O)NC(C)c3ccc4c(c3)OCCO4)nnc12. The summed E-state index contributed by atoms with van der Waals surface area (Å²) in [4.78, 5) is 25.7. The van der Waals surface area contributed by atoms with Crippen molar-refractivity contribution >= 4 is 33.2 Å². The fourth-order valence-corrected chi connectivity index (χ4v) is 5.04. The van der Waals surface area contributed by atoms with Gasteiger partial charge >= 0.3 is 0 Å². The molecule has 1 aromatic carbocycles. The molecule has 0 aliphatic carbocycles. The van der Waals surface area contributed by atoms with Gasteiger partial charge in [0.1, 0.15) is 23.7 Å². The first-order chi connectivity index (χ1) is 16.6. The number of unbranched alkanes of at least 4 members (excludes halogenated alkanes) is 1. The number of carbonyl (C=O) groups excluding carboxylic acids is 1. The monoisotopic (exact) mass is 481 g/mol. The topological polar surface area (TPSA) is 99.8 Å². The van der Waals surface area contributed by atoms with Crippen LogP contribution in [-0.4, -0.2) is 38.3 Å². The van der Waals surface area contributed by atoms with Crippen LogP contribution in [0.25, 0.3) is 16.0 Å². The second-order valence-electron chi connectivity index (χ2n) is 8.39. The van der Waals surface area contributed by atoms with Gasteiger partial charge in [-0.2, -0.15) is 0 Å². The van der Waals surface area contributed by atoms with Gasteiger partial charge in [-0.3, -0.25) is 18.6 Å². The second-order valence-corrected chi connectivity index (χ2v) is 9.31. The number of benzene rings is 1. The van der Waals surface area contributed by atoms with E-state index < -0.39 is 0 Å². The lowest BCUT2D eigenvalue weighted by Gasteiger charge is -2.21. The summed E-state index contributed by atoms with van der Waals surface area (Å²) in [6, 6.07) is 7.46. The maximum absolute atomic E-state index is 12.9. The van der Waals surface area contributed by atoms with Gasteiger partial charge in [-0.05, 0) is 42.5 Å². The van der Waals surface area contributed by atoms with Crippen molar-refractivity contribution in [2.24, 2.45) is 0 Å². The quantitative estimate of drug-likeness (QED) is 0.414. The van der Waals surface area contributed by atoms with Crippen molar-refractivity contribution in [3.8, 4) is 11.5 Å². The number of amides is 1. The molecule has 1 N–H and O–H groups in total. The molecular weight excluding hydrogens is 454 g/mol. The van der Waals surface area contributed by atoms with Gasteiger partial charge in [-0.15, -0.1) is 21.5 Å². The Balaban J connectivity index is 1.32. The first-order valence-electron chi connectivity index (χ1n) is 11.6. The van der Waals surface area contributed by atoms with Gasteiger partial charge < -0.3 is 14.8 Å². The maximum Gasteiger partial charge on any atom is 0.272 e. The summed E-state index contributed by atoms with van der Waals surface area (Å²) in [5.74, 6) is 2.55. The molecule has 0 bridgehead atoms. The van der Waals surface area contributed by atoms with Crippen molar-refractivity contribution in [1.82, 2.24) is 24.5 Å². The van der Waals surface area contributed by atoms with E-state index in [0.717, 1.165) is 29.7 Å². The molecule has 0 saturated heterocycles. The Kier molecular flexibility index (Phi) is 6.23. The van der Waals surface area contributed by atoms with Crippen LogP contribution in [0, 0.1) is 0 Å². The van der Waals surface area contributed by atoms with Crippen molar-refractivity contribution in [2.45, 2.75) is 52.1 Å². The molecule has 1 aliphatic heterocycles. The number of aromatic nitrogens is 4. The average molecular weight is 482 g/mol. The third kappa shape index (κ3) is 4.13. The van der Waals surface area contributed by atoms with E-state index in [1.165, 1.54) is 11.3 Å². The van der Waals surface area contributed by atoms with E-state index >= 15 is 0 Å². The predicted octanol–water partition coefficient (Wildman–Crippen LogP) is 3.49. The summed E-state index contributed by atoms with van der Waals surface area (Å²) in [5, 5.41) is 13.6. The molecule has 3 aromatic heterocycles. The third-order valence-electron chi connectivity index (χ3n) is 6.03. The molecule has 178 valence electrons. The molecule has 0 spiro atoms. The molecular formula is C24H27N5O4S. The highest BCUT2D eigenvalue weighted by atomic mass is 32.1. The van der Waals surface area contributed by atoms with Gasteiger partial charge in [0, 0.05) is 19.4 Å². The standard InChI is InChI=1S/C24H27N5O4S/c1-3-4-10-28-23(31)22-17(9-13-34-22)29-20(26-27-24(28)29)7-8-21(30)25-15(2)16-5-6-18-19(14-16)33-12-11-32-18/h5-6,9,13-15H,3-4,7-8,10-12H2,1-2H3,(H,25,30). The smallest absolute Gasteiger partial charge is 0.272 e. The van der Waals surface area contributed by atoms with Crippen molar-refractivity contribution in [3.63, 3.8) is 0 Å². The minimum Gasteiger partial charge on any atom is -0.486 e. The number of fused-ring (bicyclic) bond motifs is 4. The van der Waals surface area contributed by atoms with Crippen LogP contribution in [0.1, 0.15) is 50.5 Å². The molecule has 0 saturated carbocycles. The van der Waals surface area contributed by atoms with E-state index in [-0.39, 0.29) is 23.9 Å². The predicted molar refractivity (Wildman–Crippen MR) is 130 cm³/mol. The van der Waals surface area contributed by atoms with Crippen LogP contribution in [0.2, 0.25) is 0 Å². The summed E-state index contributed by atoms with van der Waals surface area (Å²) in [6.45, 7) is 5.69. The zero-order chi connectivity index (χ0) is 23.7. The Bertz CT molecular complexity index is 1410. The second kappa shape index (κ2) is 9.46. The summed E-state index contributed by atoms with van der Waals surface area (Å²) in [7, 11) is 0. The molecule has 34 heavy (non-hydrogen) atoms. The van der Waals surface area contributed by atoms with Gasteiger partial charge in [0.15, 0.2) is 11.5 Å². The van der Waals surface area contributed by atoms with Crippen LogP contribution >= 0.6 is 11.3 Å². The molecule has 1 amide bonds. The number of hydrogen-bond donors (Lipinski definition) is 1. The van der Waals surface area contributed by atoms with Crippen molar-refractivity contribution in [2.75, 3.05) is 13.2 Å². The van der Waals surface area contributed by atoms with Crippen LogP contribution in [0.5, 0.6) is 11.5 Å². The molecule has 5 rings (SSSR count). The number of thiophene rings is 1. The van der Waals surface area contributed by atoms with Gasteiger partial charge in [-0.1, -0.05) is 19.4 Å². The molecule has 4 aromatic rings. The minimum atomic E-state index is -0.179. The molecule has 9 nitrogen and oxygen atoms in total. The summed E-state index contributed by atoms with van der Waals surface area (Å²) >= 11 is 1.42. The van der Waals surface area contributed by atoms with E-state index in [0.29, 0.717) is 48.2 Å². The van der Waals surface area contributed by atoms with E-state index in [9.17, 15) is 9.59 Å². The van der Waals surface area contributed by atoms with Crippen LogP contribution in [0.15, 0.2) is 34.4 Å². The average Bonchev–Trinajstić information content (AvgIpc) is 3.50. The Morgan fingerprint density at radius 1 is 1.21 bits per heavy atom. The Hall–Kier alpha value is -3.40. The van der Waals surface area contributed by atoms with Gasteiger partial charge in [0.2, 0.25) is 11.7 Å². The number of hydrogen-bond acceptors (Lipinski definition) is 7. The molecule has 10 heteroatoms. The molecule has 4 heterocycles. The molecule has 0 fully saturated rings. The zero-order valence-corrected chi connectivity index (χ0v) is 20.1. The fourth-order valence-electron chi connectivity index (χ4n) is 4.21. The summed E-state index contributed by atoms with van der Waals surface area (Å²) in [6.07, 6.45) is 2.53. The first kappa shape index (κ1) is 22.4. The number of rotatable bonds is 8. The van der Waals surface area contributed by atoms with Crippen molar-refractivity contribution in [1.29, 1.82) is 0 Å². The number of aryl methyl sites for hydroxylation is 2. The van der Waals surface area contributed by atoms with Crippen LogP contribution in [0.3, 0.4) is 0 Å². The van der Waals surface area contributed by atoms with Crippen LogP contribution in [0.4, 0.5) is 0 Å². The van der Waals surface area contributed by atoms with E-state index in [1.54, 1.807) is 4.57 Å². The summed E-state index contributed by atoms with van der Waals surface area (Å²) < 4.78 is 15.5. The molecule has 1 aliphatic rings. The number of ether oxygens (including phenoxy) is 2.